The number of nitrogens with one attached hydrogen (secondary N) is 2. The summed E-state index contributed by atoms with van der Waals surface area (Å²) >= 11 is 0. The van der Waals surface area contributed by atoms with E-state index in [-0.39, 0.29) is 11.3 Å². The summed E-state index contributed by atoms with van der Waals surface area (Å²) in [5.41, 5.74) is 4.41. The van der Waals surface area contributed by atoms with E-state index in [0.717, 1.165) is 24.2 Å². The van der Waals surface area contributed by atoms with Gasteiger partial charge in [0.1, 0.15) is 5.69 Å². The molecule has 3 nitrogen and oxygen atoms in total. The van der Waals surface area contributed by atoms with Gasteiger partial charge in [-0.25, -0.2) is 0 Å². The molecule has 18 heavy (non-hydrogen) atoms. The molecule has 3 rings (SSSR count). The molecule has 1 aromatic carbocycles. The summed E-state index contributed by atoms with van der Waals surface area (Å²) in [6, 6.07) is 6.45. The first-order chi connectivity index (χ1) is 8.47. The average molecular weight is 242 g/mol. The van der Waals surface area contributed by atoms with Crippen LogP contribution in [0.2, 0.25) is 0 Å². The Hall–Kier alpha value is -1.77. The maximum absolute atomic E-state index is 11.8. The van der Waals surface area contributed by atoms with Crippen molar-refractivity contribution in [2.24, 2.45) is 0 Å². The fourth-order valence-corrected chi connectivity index (χ4v) is 2.56. The highest BCUT2D eigenvalue weighted by Gasteiger charge is 2.22. The Labute approximate surface area is 107 Å². The first kappa shape index (κ1) is 11.3. The number of amides is 1. The molecule has 1 aliphatic heterocycles. The van der Waals surface area contributed by atoms with Crippen molar-refractivity contribution in [1.82, 2.24) is 10.3 Å². The van der Waals surface area contributed by atoms with E-state index in [0.29, 0.717) is 0 Å². The second kappa shape index (κ2) is 3.61. The molecule has 2 N–H and O–H groups in total. The lowest BCUT2D eigenvalue weighted by Crippen LogP contribution is -2.31. The minimum absolute atomic E-state index is 0.0183. The van der Waals surface area contributed by atoms with Crippen molar-refractivity contribution < 1.29 is 4.79 Å². The molecule has 94 valence electrons. The van der Waals surface area contributed by atoms with Crippen molar-refractivity contribution in [3.63, 3.8) is 0 Å². The number of rotatable bonds is 0. The summed E-state index contributed by atoms with van der Waals surface area (Å²) in [7, 11) is 0. The van der Waals surface area contributed by atoms with Gasteiger partial charge in [0.15, 0.2) is 0 Å². The van der Waals surface area contributed by atoms with Gasteiger partial charge in [-0.05, 0) is 35.1 Å². The monoisotopic (exact) mass is 242 g/mol. The topological polar surface area (TPSA) is 44.9 Å². The molecule has 0 radical (unpaired) electrons. The van der Waals surface area contributed by atoms with Gasteiger partial charge in [-0.2, -0.15) is 0 Å². The maximum Gasteiger partial charge on any atom is 0.268 e. The molecule has 0 bridgehead atoms. The molecule has 1 amide bonds. The second-order valence-electron chi connectivity index (χ2n) is 5.99. The van der Waals surface area contributed by atoms with E-state index in [2.05, 4.69) is 49.3 Å². The van der Waals surface area contributed by atoms with Crippen LogP contribution in [0.25, 0.3) is 10.9 Å². The van der Waals surface area contributed by atoms with Crippen LogP contribution in [0.5, 0.6) is 0 Å². The van der Waals surface area contributed by atoms with E-state index < -0.39 is 0 Å². The van der Waals surface area contributed by atoms with Gasteiger partial charge in [-0.3, -0.25) is 4.79 Å². The summed E-state index contributed by atoms with van der Waals surface area (Å²) < 4.78 is 0. The number of hydrogen-bond acceptors (Lipinski definition) is 1. The highest BCUT2D eigenvalue weighted by molar-refractivity contribution is 6.02. The third-order valence-corrected chi connectivity index (χ3v) is 3.66. The Balaban J connectivity index is 2.25. The third-order valence-electron chi connectivity index (χ3n) is 3.66. The largest absolute Gasteiger partial charge is 0.350 e. The Kier molecular flexibility index (Phi) is 2.27. The third kappa shape index (κ3) is 1.62. The molecular weight excluding hydrogens is 224 g/mol. The van der Waals surface area contributed by atoms with Crippen LogP contribution in [0.1, 0.15) is 42.4 Å². The number of carbonyl (C=O) groups excluding carboxylic acids is 1. The Morgan fingerprint density at radius 3 is 2.72 bits per heavy atom. The fourth-order valence-electron chi connectivity index (χ4n) is 2.56. The number of hydrogen-bond donors (Lipinski definition) is 2. The van der Waals surface area contributed by atoms with Gasteiger partial charge < -0.3 is 10.3 Å². The molecule has 0 spiro atoms. The minimum atomic E-state index is 0.0183. The van der Waals surface area contributed by atoms with Crippen LogP contribution >= 0.6 is 0 Å². The van der Waals surface area contributed by atoms with Gasteiger partial charge in [0.05, 0.1) is 0 Å². The van der Waals surface area contributed by atoms with Crippen molar-refractivity contribution in [3.05, 3.63) is 35.0 Å². The van der Waals surface area contributed by atoms with Gasteiger partial charge in [0.25, 0.3) is 5.91 Å². The maximum atomic E-state index is 11.8. The van der Waals surface area contributed by atoms with Crippen LogP contribution in [-0.4, -0.2) is 17.4 Å². The van der Waals surface area contributed by atoms with Crippen LogP contribution in [0.3, 0.4) is 0 Å². The van der Waals surface area contributed by atoms with Crippen molar-refractivity contribution >= 4 is 16.8 Å². The lowest BCUT2D eigenvalue weighted by molar-refractivity contribution is 0.0942. The molecule has 0 saturated heterocycles. The Bertz CT molecular complexity index is 632. The van der Waals surface area contributed by atoms with E-state index >= 15 is 0 Å². The number of carbonyl (C=O) groups is 1. The molecule has 1 aromatic heterocycles. The fraction of sp³-hybridized carbons (Fsp3) is 0.400. The zero-order valence-electron chi connectivity index (χ0n) is 11.1. The number of aromatic nitrogens is 1. The molecule has 1 aliphatic rings. The normalized spacial score (nSPS) is 15.6. The highest BCUT2D eigenvalue weighted by atomic mass is 16.1. The Morgan fingerprint density at radius 2 is 2.00 bits per heavy atom. The molecule has 0 fully saturated rings. The standard InChI is InChI=1S/C15H18N2O/c1-15(2,3)9-4-5-12-11(8-9)10-6-7-16-14(18)13(10)17-12/h4-5,8,17H,6-7H2,1-3H3,(H,16,18). The molecule has 0 atom stereocenters. The van der Waals surface area contributed by atoms with Gasteiger partial charge in [0, 0.05) is 17.4 Å². The van der Waals surface area contributed by atoms with E-state index in [1.807, 2.05) is 0 Å². The molecule has 3 heteroatoms. The molecule has 0 aliphatic carbocycles. The van der Waals surface area contributed by atoms with Gasteiger partial charge in [-0.15, -0.1) is 0 Å². The van der Waals surface area contributed by atoms with Crippen LogP contribution in [0.15, 0.2) is 18.2 Å². The number of benzene rings is 1. The first-order valence-corrected chi connectivity index (χ1v) is 6.40. The van der Waals surface area contributed by atoms with E-state index in [1.165, 1.54) is 16.5 Å². The predicted octanol–water partition coefficient (Wildman–Crippen LogP) is 2.75. The number of fused-ring (bicyclic) bond motifs is 3. The van der Waals surface area contributed by atoms with Gasteiger partial charge >= 0.3 is 0 Å². The second-order valence-corrected chi connectivity index (χ2v) is 5.99. The quantitative estimate of drug-likeness (QED) is 0.733. The van der Waals surface area contributed by atoms with Crippen LogP contribution in [0, 0.1) is 0 Å². The summed E-state index contributed by atoms with van der Waals surface area (Å²) in [5, 5.41) is 4.08. The van der Waals surface area contributed by atoms with Crippen LogP contribution in [-0.2, 0) is 11.8 Å². The first-order valence-electron chi connectivity index (χ1n) is 6.40. The molecule has 2 aromatic rings. The summed E-state index contributed by atoms with van der Waals surface area (Å²) in [6.07, 6.45) is 0.911. The number of H-pyrrole nitrogens is 1. The zero-order chi connectivity index (χ0) is 12.9. The average Bonchev–Trinajstić information content (AvgIpc) is 2.67. The van der Waals surface area contributed by atoms with E-state index in [9.17, 15) is 4.79 Å². The SMILES string of the molecule is CC(C)(C)c1ccc2[nH]c3c(c2c1)CCNC3=O. The molecule has 0 unspecified atom stereocenters. The van der Waals surface area contributed by atoms with Crippen molar-refractivity contribution in [2.45, 2.75) is 32.6 Å². The predicted molar refractivity (Wildman–Crippen MR) is 73.0 cm³/mol. The summed E-state index contributed by atoms with van der Waals surface area (Å²) in [5.74, 6) is 0.0183. The minimum Gasteiger partial charge on any atom is -0.350 e. The lowest BCUT2D eigenvalue weighted by atomic mass is 9.86. The molecule has 2 heterocycles. The van der Waals surface area contributed by atoms with Crippen LogP contribution < -0.4 is 5.32 Å². The highest BCUT2D eigenvalue weighted by Crippen LogP contribution is 2.30. The molecular formula is C15H18N2O. The van der Waals surface area contributed by atoms with E-state index in [1.54, 1.807) is 0 Å². The van der Waals surface area contributed by atoms with E-state index in [4.69, 9.17) is 0 Å². The summed E-state index contributed by atoms with van der Waals surface area (Å²) in [4.78, 5) is 15.0. The molecule has 0 saturated carbocycles. The van der Waals surface area contributed by atoms with Crippen molar-refractivity contribution in [2.75, 3.05) is 6.54 Å². The Morgan fingerprint density at radius 1 is 1.22 bits per heavy atom. The summed E-state index contributed by atoms with van der Waals surface area (Å²) in [6.45, 7) is 7.36. The van der Waals surface area contributed by atoms with Crippen molar-refractivity contribution in [1.29, 1.82) is 0 Å². The number of aromatic amines is 1. The van der Waals surface area contributed by atoms with Crippen LogP contribution in [0.4, 0.5) is 0 Å². The van der Waals surface area contributed by atoms with Gasteiger partial charge in [-0.1, -0.05) is 26.8 Å². The zero-order valence-corrected chi connectivity index (χ0v) is 11.1. The smallest absolute Gasteiger partial charge is 0.268 e. The van der Waals surface area contributed by atoms with Crippen molar-refractivity contribution in [3.8, 4) is 0 Å². The lowest BCUT2D eigenvalue weighted by Gasteiger charge is -2.19. The van der Waals surface area contributed by atoms with Gasteiger partial charge in [0.2, 0.25) is 0 Å².